The first-order chi connectivity index (χ1) is 10.3. The van der Waals surface area contributed by atoms with Gasteiger partial charge >= 0.3 is 0 Å². The normalized spacial score (nSPS) is 14.4. The molecule has 2 aromatic heterocycles. The van der Waals surface area contributed by atoms with Crippen molar-refractivity contribution in [1.29, 1.82) is 0 Å². The Labute approximate surface area is 123 Å². The van der Waals surface area contributed by atoms with E-state index in [-0.39, 0.29) is 0 Å². The summed E-state index contributed by atoms with van der Waals surface area (Å²) in [4.78, 5) is 15.6. The van der Waals surface area contributed by atoms with E-state index in [4.69, 9.17) is 4.42 Å². The zero-order chi connectivity index (χ0) is 14.5. The second kappa shape index (κ2) is 6.43. The van der Waals surface area contributed by atoms with Gasteiger partial charge in [0.1, 0.15) is 0 Å². The fraction of sp³-hybridized carbons (Fsp3) is 0.500. The molecule has 2 N–H and O–H groups in total. The lowest BCUT2D eigenvalue weighted by molar-refractivity contribution is 0.564. The molecule has 1 aliphatic rings. The number of nitrogens with one attached hydrogen (secondary N) is 2. The van der Waals surface area contributed by atoms with Gasteiger partial charge in [0, 0.05) is 31.7 Å². The van der Waals surface area contributed by atoms with Gasteiger partial charge in [-0.25, -0.2) is 0 Å². The highest BCUT2D eigenvalue weighted by atomic mass is 16.3. The highest BCUT2D eigenvalue weighted by Gasteiger charge is 2.17. The van der Waals surface area contributed by atoms with Crippen LogP contribution in [0.15, 0.2) is 23.0 Å². The summed E-state index contributed by atoms with van der Waals surface area (Å²) in [6, 6.07) is 1.92. The van der Waals surface area contributed by atoms with Crippen molar-refractivity contribution in [3.05, 3.63) is 24.2 Å². The molecule has 0 bridgehead atoms. The van der Waals surface area contributed by atoms with Crippen LogP contribution in [-0.2, 0) is 6.54 Å². The van der Waals surface area contributed by atoms with E-state index in [0.717, 1.165) is 31.1 Å². The average molecular weight is 288 g/mol. The summed E-state index contributed by atoms with van der Waals surface area (Å²) in [6.07, 6.45) is 5.75. The van der Waals surface area contributed by atoms with Gasteiger partial charge in [-0.2, -0.15) is 15.0 Å². The SMILES string of the molecule is CCNc1nc(NCc2ccoc2)nc(N2CCCC2)n1. The summed E-state index contributed by atoms with van der Waals surface area (Å²) in [5.41, 5.74) is 1.06. The Bertz CT molecular complexity index is 565. The van der Waals surface area contributed by atoms with Gasteiger partial charge in [-0.3, -0.25) is 0 Å². The second-order valence-corrected chi connectivity index (χ2v) is 4.99. The molecule has 0 saturated carbocycles. The molecule has 1 saturated heterocycles. The minimum Gasteiger partial charge on any atom is -0.472 e. The molecule has 0 radical (unpaired) electrons. The number of nitrogens with zero attached hydrogens (tertiary/aromatic N) is 4. The number of rotatable bonds is 6. The maximum Gasteiger partial charge on any atom is 0.231 e. The van der Waals surface area contributed by atoms with Crippen molar-refractivity contribution >= 4 is 17.8 Å². The monoisotopic (exact) mass is 288 g/mol. The number of hydrogen-bond donors (Lipinski definition) is 2. The lowest BCUT2D eigenvalue weighted by Gasteiger charge is -2.17. The van der Waals surface area contributed by atoms with Crippen LogP contribution < -0.4 is 15.5 Å². The highest BCUT2D eigenvalue weighted by Crippen LogP contribution is 2.18. The first kappa shape index (κ1) is 13.7. The van der Waals surface area contributed by atoms with Crippen LogP contribution in [0.2, 0.25) is 0 Å². The number of furan rings is 1. The van der Waals surface area contributed by atoms with Crippen molar-refractivity contribution in [3.63, 3.8) is 0 Å². The Morgan fingerprint density at radius 2 is 1.90 bits per heavy atom. The standard InChI is InChI=1S/C14H20N6O/c1-2-15-12-17-13(16-9-11-5-8-21-10-11)19-14(18-12)20-6-3-4-7-20/h5,8,10H,2-4,6-7,9H2,1H3,(H2,15,16,17,18,19). The van der Waals surface area contributed by atoms with E-state index in [1.807, 2.05) is 13.0 Å². The van der Waals surface area contributed by atoms with Crippen molar-refractivity contribution in [3.8, 4) is 0 Å². The van der Waals surface area contributed by atoms with Gasteiger partial charge in [-0.05, 0) is 25.8 Å². The number of hydrogen-bond acceptors (Lipinski definition) is 7. The maximum absolute atomic E-state index is 5.06. The summed E-state index contributed by atoms with van der Waals surface area (Å²) >= 11 is 0. The molecule has 1 aliphatic heterocycles. The number of anilines is 3. The summed E-state index contributed by atoms with van der Waals surface area (Å²) in [5, 5.41) is 6.38. The second-order valence-electron chi connectivity index (χ2n) is 4.99. The lowest BCUT2D eigenvalue weighted by Crippen LogP contribution is -2.22. The van der Waals surface area contributed by atoms with Crippen LogP contribution in [0.5, 0.6) is 0 Å². The molecule has 0 atom stereocenters. The molecule has 0 unspecified atom stereocenters. The van der Waals surface area contributed by atoms with Crippen molar-refractivity contribution in [2.75, 3.05) is 35.2 Å². The van der Waals surface area contributed by atoms with Crippen LogP contribution in [0.4, 0.5) is 17.8 Å². The molecule has 1 fully saturated rings. The molecule has 21 heavy (non-hydrogen) atoms. The van der Waals surface area contributed by atoms with Gasteiger partial charge in [0.25, 0.3) is 0 Å². The van der Waals surface area contributed by atoms with Crippen LogP contribution in [0.1, 0.15) is 25.3 Å². The summed E-state index contributed by atoms with van der Waals surface area (Å²) in [7, 11) is 0. The van der Waals surface area contributed by atoms with Gasteiger partial charge in [-0.1, -0.05) is 0 Å². The predicted molar refractivity (Wildman–Crippen MR) is 81.5 cm³/mol. The smallest absolute Gasteiger partial charge is 0.231 e. The zero-order valence-corrected chi connectivity index (χ0v) is 12.2. The minimum absolute atomic E-state index is 0.587. The van der Waals surface area contributed by atoms with E-state index in [9.17, 15) is 0 Å². The van der Waals surface area contributed by atoms with E-state index in [2.05, 4.69) is 30.5 Å². The highest BCUT2D eigenvalue weighted by molar-refractivity contribution is 5.44. The van der Waals surface area contributed by atoms with Crippen LogP contribution in [0, 0.1) is 0 Å². The third-order valence-electron chi connectivity index (χ3n) is 3.38. The van der Waals surface area contributed by atoms with E-state index in [1.165, 1.54) is 12.8 Å². The van der Waals surface area contributed by atoms with Crippen LogP contribution in [-0.4, -0.2) is 34.6 Å². The zero-order valence-electron chi connectivity index (χ0n) is 12.2. The van der Waals surface area contributed by atoms with Gasteiger partial charge in [0.15, 0.2) is 0 Å². The van der Waals surface area contributed by atoms with Gasteiger partial charge in [-0.15, -0.1) is 0 Å². The van der Waals surface area contributed by atoms with Crippen molar-refractivity contribution in [2.24, 2.45) is 0 Å². The topological polar surface area (TPSA) is 79.1 Å². The molecular weight excluding hydrogens is 268 g/mol. The number of aromatic nitrogens is 3. The molecule has 0 aromatic carbocycles. The van der Waals surface area contributed by atoms with Crippen LogP contribution in [0.25, 0.3) is 0 Å². The first-order valence-corrected chi connectivity index (χ1v) is 7.35. The largest absolute Gasteiger partial charge is 0.472 e. The summed E-state index contributed by atoms with van der Waals surface area (Å²) in [5.74, 6) is 1.95. The van der Waals surface area contributed by atoms with Gasteiger partial charge in [0.2, 0.25) is 17.8 Å². The molecule has 2 aromatic rings. The van der Waals surface area contributed by atoms with Crippen molar-refractivity contribution < 1.29 is 4.42 Å². The molecule has 7 heteroatoms. The molecule has 0 aliphatic carbocycles. The van der Waals surface area contributed by atoms with Gasteiger partial charge in [0.05, 0.1) is 12.5 Å². The quantitative estimate of drug-likeness (QED) is 0.842. The van der Waals surface area contributed by atoms with Crippen molar-refractivity contribution in [1.82, 2.24) is 15.0 Å². The minimum atomic E-state index is 0.587. The van der Waals surface area contributed by atoms with Crippen molar-refractivity contribution in [2.45, 2.75) is 26.3 Å². The Kier molecular flexibility index (Phi) is 4.18. The Balaban J connectivity index is 1.77. The Hall–Kier alpha value is -2.31. The van der Waals surface area contributed by atoms with Crippen LogP contribution in [0.3, 0.4) is 0 Å². The Morgan fingerprint density at radius 1 is 1.14 bits per heavy atom. The molecule has 0 amide bonds. The van der Waals surface area contributed by atoms with E-state index < -0.39 is 0 Å². The average Bonchev–Trinajstić information content (AvgIpc) is 3.19. The first-order valence-electron chi connectivity index (χ1n) is 7.35. The lowest BCUT2D eigenvalue weighted by atomic mass is 10.3. The molecule has 112 valence electrons. The molecule has 7 nitrogen and oxygen atoms in total. The summed E-state index contributed by atoms with van der Waals surface area (Å²) in [6.45, 7) is 5.46. The van der Waals surface area contributed by atoms with E-state index in [0.29, 0.717) is 18.4 Å². The van der Waals surface area contributed by atoms with E-state index >= 15 is 0 Å². The molecular formula is C14H20N6O. The van der Waals surface area contributed by atoms with Gasteiger partial charge < -0.3 is 20.0 Å². The predicted octanol–water partition coefficient (Wildman–Crippen LogP) is 2.11. The maximum atomic E-state index is 5.06. The molecule has 0 spiro atoms. The van der Waals surface area contributed by atoms with Crippen LogP contribution >= 0.6 is 0 Å². The fourth-order valence-corrected chi connectivity index (χ4v) is 2.31. The van der Waals surface area contributed by atoms with E-state index in [1.54, 1.807) is 12.5 Å². The third-order valence-corrected chi connectivity index (χ3v) is 3.38. The fourth-order valence-electron chi connectivity index (χ4n) is 2.31. The third kappa shape index (κ3) is 3.42. The summed E-state index contributed by atoms with van der Waals surface area (Å²) < 4.78 is 5.06. The Morgan fingerprint density at radius 3 is 2.57 bits per heavy atom. The molecule has 3 heterocycles. The molecule has 3 rings (SSSR count).